The van der Waals surface area contributed by atoms with Crippen molar-refractivity contribution in [1.29, 1.82) is 0 Å². The van der Waals surface area contributed by atoms with E-state index in [1.54, 1.807) is 13.8 Å². The van der Waals surface area contributed by atoms with E-state index in [2.05, 4.69) is 42.2 Å². The molecule has 26 nitrogen and oxygen atoms in total. The topological polar surface area (TPSA) is 444 Å². The van der Waals surface area contributed by atoms with E-state index < -0.39 is 122 Å². The third-order valence-electron chi connectivity index (χ3n) is 10.1. The Kier molecular flexibility index (Phi) is 27.5. The number of aliphatic hydroxyl groups is 2. The van der Waals surface area contributed by atoms with E-state index in [0.717, 1.165) is 0 Å². The Labute approximate surface area is 378 Å². The number of likely N-dealkylation sites (tertiary alicyclic amines) is 1. The van der Waals surface area contributed by atoms with E-state index in [4.69, 9.17) is 28.7 Å². The van der Waals surface area contributed by atoms with Gasteiger partial charge in [-0.2, -0.15) is 0 Å². The van der Waals surface area contributed by atoms with Crippen molar-refractivity contribution < 1.29 is 58.5 Å². The van der Waals surface area contributed by atoms with Gasteiger partial charge in [0, 0.05) is 13.1 Å². The molecule has 1 heterocycles. The maximum atomic E-state index is 13.7. The van der Waals surface area contributed by atoms with Gasteiger partial charge in [-0.15, -0.1) is 0 Å². The Bertz CT molecular complexity index is 1620. The highest BCUT2D eigenvalue weighted by Gasteiger charge is 2.37. The number of nitrogens with one attached hydrogen (secondary N) is 7. The molecule has 0 unspecified atom stereocenters. The zero-order valence-electron chi connectivity index (χ0n) is 37.4. The zero-order valence-corrected chi connectivity index (χ0v) is 37.4. The number of aliphatic imine (C=N–C) groups is 1. The second kappa shape index (κ2) is 31.2. The van der Waals surface area contributed by atoms with Gasteiger partial charge in [0.25, 0.3) is 0 Å². The molecule has 65 heavy (non-hydrogen) atoms. The summed E-state index contributed by atoms with van der Waals surface area (Å²) in [6, 6.07) is -9.09. The van der Waals surface area contributed by atoms with Gasteiger partial charge in [0.05, 0.1) is 32.3 Å². The molecule has 0 spiro atoms. The number of hydrogen-bond donors (Lipinski definition) is 15. The van der Waals surface area contributed by atoms with Crippen LogP contribution >= 0.6 is 0 Å². The van der Waals surface area contributed by atoms with E-state index in [0.29, 0.717) is 51.6 Å². The molecule has 0 aromatic heterocycles. The Morgan fingerprint density at radius 3 is 1.77 bits per heavy atom. The second-order valence-electron chi connectivity index (χ2n) is 16.0. The average Bonchev–Trinajstić information content (AvgIpc) is 3.76. The summed E-state index contributed by atoms with van der Waals surface area (Å²) in [6.45, 7) is 1.48. The number of carboxylic acids is 1. The molecule has 0 aromatic carbocycles. The summed E-state index contributed by atoms with van der Waals surface area (Å²) < 4.78 is 0. The van der Waals surface area contributed by atoms with E-state index in [1.807, 2.05) is 0 Å². The van der Waals surface area contributed by atoms with Crippen LogP contribution in [0.1, 0.15) is 84.5 Å². The Hall–Kier alpha value is -5.70. The molecule has 0 aliphatic carbocycles. The van der Waals surface area contributed by atoms with Gasteiger partial charge in [0.15, 0.2) is 5.96 Å². The van der Waals surface area contributed by atoms with Gasteiger partial charge >= 0.3 is 5.97 Å². The van der Waals surface area contributed by atoms with Crippen molar-refractivity contribution >= 4 is 59.2 Å². The number of rotatable bonds is 32. The first-order valence-electron chi connectivity index (χ1n) is 21.8. The number of carbonyl (C=O) groups is 9. The molecule has 20 N–H and O–H groups in total. The molecular formula is C39H72N14O12. The van der Waals surface area contributed by atoms with Crippen LogP contribution in [0.25, 0.3) is 0 Å². The van der Waals surface area contributed by atoms with Crippen molar-refractivity contribution in [2.75, 3.05) is 52.5 Å². The lowest BCUT2D eigenvalue weighted by molar-refractivity contribution is -0.142. The molecule has 1 aliphatic rings. The number of nitrogens with zero attached hydrogens (tertiary/aromatic N) is 2. The summed E-state index contributed by atoms with van der Waals surface area (Å²) in [7, 11) is 0. The van der Waals surface area contributed by atoms with Gasteiger partial charge in [0.1, 0.15) is 36.3 Å². The zero-order chi connectivity index (χ0) is 49.1. The highest BCUT2D eigenvalue weighted by atomic mass is 16.4. The second-order valence-corrected chi connectivity index (χ2v) is 16.0. The highest BCUT2D eigenvalue weighted by Crippen LogP contribution is 2.18. The van der Waals surface area contributed by atoms with E-state index >= 15 is 0 Å². The molecular weight excluding hydrogens is 857 g/mol. The standard InChI is InChI=1S/C39H72N14O12/c1-22(2)17-26(35(61)51-27(20-54)33(59)46-18-30(56)48-25(38(64)65)10-4-6-14-41)50-36(62)28(21-55)52-34(60)24(11-7-15-45-39(43)44)49-37(63)29-12-8-16-53(29)31(57)19-47-32(58)23(42)9-3-5-13-40/h22-29,54-55H,3-21,40-42H2,1-2H3,(H,46,59)(H,47,58)(H,48,56)(H,49,63)(H,50,62)(H,51,61)(H,52,60)(H,64,65)(H4,43,44,45)/t23-,24-,25-,26-,27-,28-,29-/m0/s1. The molecule has 1 saturated heterocycles. The van der Waals surface area contributed by atoms with Crippen LogP contribution in [-0.2, 0) is 43.2 Å². The lowest BCUT2D eigenvalue weighted by Crippen LogP contribution is -2.60. The molecule has 370 valence electrons. The maximum absolute atomic E-state index is 13.7. The number of guanidine groups is 1. The lowest BCUT2D eigenvalue weighted by Gasteiger charge is -2.28. The lowest BCUT2D eigenvalue weighted by atomic mass is 10.0. The average molecular weight is 929 g/mol. The third-order valence-corrected chi connectivity index (χ3v) is 10.1. The van der Waals surface area contributed by atoms with Gasteiger partial charge in [-0.25, -0.2) is 4.79 Å². The summed E-state index contributed by atoms with van der Waals surface area (Å²) in [5.74, 6) is -8.25. The fourth-order valence-electron chi connectivity index (χ4n) is 6.61. The van der Waals surface area contributed by atoms with Gasteiger partial charge in [-0.05, 0) is 83.2 Å². The van der Waals surface area contributed by atoms with Crippen molar-refractivity contribution in [3.05, 3.63) is 0 Å². The number of aliphatic hydroxyl groups excluding tert-OH is 2. The van der Waals surface area contributed by atoms with Crippen molar-refractivity contribution in [3.63, 3.8) is 0 Å². The van der Waals surface area contributed by atoms with Crippen LogP contribution in [0.4, 0.5) is 0 Å². The van der Waals surface area contributed by atoms with Crippen LogP contribution in [-0.4, -0.2) is 174 Å². The van der Waals surface area contributed by atoms with Gasteiger partial charge in [-0.1, -0.05) is 20.3 Å². The van der Waals surface area contributed by atoms with Crippen molar-refractivity contribution in [1.82, 2.24) is 42.1 Å². The molecule has 1 rings (SSSR count). The minimum absolute atomic E-state index is 0.0159. The number of unbranched alkanes of at least 4 members (excludes halogenated alkanes) is 2. The number of nitrogens with two attached hydrogens (primary N) is 5. The predicted molar refractivity (Wildman–Crippen MR) is 235 cm³/mol. The van der Waals surface area contributed by atoms with Crippen molar-refractivity contribution in [3.8, 4) is 0 Å². The van der Waals surface area contributed by atoms with E-state index in [9.17, 15) is 58.5 Å². The smallest absolute Gasteiger partial charge is 0.326 e. The molecule has 0 aromatic rings. The molecule has 7 atom stereocenters. The molecule has 1 fully saturated rings. The maximum Gasteiger partial charge on any atom is 0.326 e. The minimum Gasteiger partial charge on any atom is -0.480 e. The monoisotopic (exact) mass is 929 g/mol. The summed E-state index contributed by atoms with van der Waals surface area (Å²) >= 11 is 0. The number of hydrogen-bond acceptors (Lipinski definition) is 15. The van der Waals surface area contributed by atoms with Crippen LogP contribution in [0.3, 0.4) is 0 Å². The van der Waals surface area contributed by atoms with Crippen LogP contribution in [0.15, 0.2) is 4.99 Å². The van der Waals surface area contributed by atoms with Crippen molar-refractivity contribution in [2.45, 2.75) is 127 Å². The summed E-state index contributed by atoms with van der Waals surface area (Å²) in [5.41, 5.74) is 27.7. The fourth-order valence-corrected chi connectivity index (χ4v) is 6.61. The van der Waals surface area contributed by atoms with Gasteiger partial charge < -0.3 is 86.1 Å². The first kappa shape index (κ1) is 57.3. The van der Waals surface area contributed by atoms with Crippen LogP contribution in [0.5, 0.6) is 0 Å². The van der Waals surface area contributed by atoms with Crippen LogP contribution in [0, 0.1) is 5.92 Å². The molecule has 1 aliphatic heterocycles. The van der Waals surface area contributed by atoms with Crippen LogP contribution in [0.2, 0.25) is 0 Å². The fraction of sp³-hybridized carbons (Fsp3) is 0.744. The highest BCUT2D eigenvalue weighted by molar-refractivity contribution is 5.97. The van der Waals surface area contributed by atoms with Crippen molar-refractivity contribution in [2.24, 2.45) is 39.6 Å². The number of aliphatic carboxylic acids is 1. The minimum atomic E-state index is -1.67. The molecule has 0 bridgehead atoms. The normalized spacial score (nSPS) is 16.1. The molecule has 8 amide bonds. The summed E-state index contributed by atoms with van der Waals surface area (Å²) in [6.07, 6.45) is 3.53. The molecule has 0 saturated carbocycles. The largest absolute Gasteiger partial charge is 0.480 e. The molecule has 0 radical (unpaired) electrons. The SMILES string of the molecule is CC(C)C[C@H](NC(=O)[C@H](CO)NC(=O)[C@H](CCCN=C(N)N)NC(=O)[C@@H]1CCCN1C(=O)CNC(=O)[C@@H](N)CCCCN)C(=O)N[C@@H](CO)C(=O)NCC(=O)N[C@@H](CCCCN)C(=O)O. The third kappa shape index (κ3) is 22.2. The number of amides is 8. The molecule has 26 heteroatoms. The number of carboxylic acid groups (broad SMARTS) is 1. The van der Waals surface area contributed by atoms with E-state index in [-0.39, 0.29) is 57.1 Å². The first-order valence-corrected chi connectivity index (χ1v) is 21.8. The Balaban J connectivity index is 3.06. The van der Waals surface area contributed by atoms with Crippen LogP contribution < -0.4 is 65.9 Å². The predicted octanol–water partition coefficient (Wildman–Crippen LogP) is -6.61. The first-order chi connectivity index (χ1) is 30.8. The quantitative estimate of drug-likeness (QED) is 0.0169. The summed E-state index contributed by atoms with van der Waals surface area (Å²) in [5, 5.41) is 46.2. The van der Waals surface area contributed by atoms with E-state index in [1.165, 1.54) is 4.90 Å². The summed E-state index contributed by atoms with van der Waals surface area (Å²) in [4.78, 5) is 122. The Morgan fingerprint density at radius 2 is 1.20 bits per heavy atom. The Morgan fingerprint density at radius 1 is 0.662 bits per heavy atom. The van der Waals surface area contributed by atoms with Gasteiger partial charge in [-0.3, -0.25) is 43.3 Å². The van der Waals surface area contributed by atoms with Gasteiger partial charge in [0.2, 0.25) is 47.3 Å². The number of carbonyl (C=O) groups excluding carboxylic acids is 8.